The first kappa shape index (κ1) is 14.1. The van der Waals surface area contributed by atoms with Crippen LogP contribution >= 0.6 is 0 Å². The molecule has 6 heteroatoms. The molecule has 0 amide bonds. The second-order valence-corrected chi connectivity index (χ2v) is 5.03. The topological polar surface area (TPSA) is 84.1 Å². The molecule has 0 bridgehead atoms. The Hall–Kier alpha value is -1.89. The van der Waals surface area contributed by atoms with E-state index in [1.807, 2.05) is 6.07 Å². The predicted molar refractivity (Wildman–Crippen MR) is 76.6 cm³/mol. The first-order valence-corrected chi connectivity index (χ1v) is 6.84. The molecule has 3 rings (SSSR count). The van der Waals surface area contributed by atoms with Crippen molar-refractivity contribution < 1.29 is 19.3 Å². The van der Waals surface area contributed by atoms with Crippen LogP contribution in [0.25, 0.3) is 10.9 Å². The number of aromatic nitrogens is 1. The van der Waals surface area contributed by atoms with E-state index in [1.54, 1.807) is 18.2 Å². The molecule has 2 heterocycles. The van der Waals surface area contributed by atoms with E-state index in [4.69, 9.17) is 14.2 Å². The standard InChI is InChI=1S/C15H17NO5/c17-11(6-19-8-13-9-21-13)7-20-12-3-1-10-2-4-15(18)16-14(10)5-12/h1-5,11,13,17H,6-9H2,(H,16,18). The smallest absolute Gasteiger partial charge is 0.248 e. The van der Waals surface area contributed by atoms with Gasteiger partial charge in [-0.05, 0) is 23.6 Å². The van der Waals surface area contributed by atoms with E-state index in [9.17, 15) is 9.90 Å². The summed E-state index contributed by atoms with van der Waals surface area (Å²) in [6.07, 6.45) is -0.510. The van der Waals surface area contributed by atoms with Gasteiger partial charge in [-0.3, -0.25) is 4.79 Å². The van der Waals surface area contributed by atoms with Crippen LogP contribution in [0.2, 0.25) is 0 Å². The molecule has 1 aromatic carbocycles. The van der Waals surface area contributed by atoms with Gasteiger partial charge in [0.25, 0.3) is 0 Å². The van der Waals surface area contributed by atoms with Crippen LogP contribution in [-0.2, 0) is 9.47 Å². The molecule has 2 N–H and O–H groups in total. The van der Waals surface area contributed by atoms with Crippen molar-refractivity contribution in [1.82, 2.24) is 4.98 Å². The first-order chi connectivity index (χ1) is 10.2. The molecule has 21 heavy (non-hydrogen) atoms. The Bertz CT molecular complexity index is 664. The molecular weight excluding hydrogens is 274 g/mol. The van der Waals surface area contributed by atoms with E-state index in [0.29, 0.717) is 17.9 Å². The highest BCUT2D eigenvalue weighted by molar-refractivity contribution is 5.79. The number of benzene rings is 1. The fourth-order valence-electron chi connectivity index (χ4n) is 1.96. The molecule has 1 fully saturated rings. The molecule has 1 aromatic heterocycles. The summed E-state index contributed by atoms with van der Waals surface area (Å²) < 4.78 is 15.8. The monoisotopic (exact) mass is 291 g/mol. The number of H-pyrrole nitrogens is 1. The lowest BCUT2D eigenvalue weighted by molar-refractivity contribution is 0.00763. The summed E-state index contributed by atoms with van der Waals surface area (Å²) in [6.45, 7) is 1.59. The largest absolute Gasteiger partial charge is 0.491 e. The molecule has 2 aromatic rings. The molecule has 1 saturated heterocycles. The van der Waals surface area contributed by atoms with Gasteiger partial charge in [0, 0.05) is 12.1 Å². The molecule has 1 aliphatic rings. The summed E-state index contributed by atoms with van der Waals surface area (Å²) in [5.41, 5.74) is 0.548. The van der Waals surface area contributed by atoms with Gasteiger partial charge in [-0.15, -0.1) is 0 Å². The fourth-order valence-corrected chi connectivity index (χ4v) is 1.96. The third kappa shape index (κ3) is 4.04. The minimum Gasteiger partial charge on any atom is -0.491 e. The summed E-state index contributed by atoms with van der Waals surface area (Å²) in [7, 11) is 0. The highest BCUT2D eigenvalue weighted by atomic mass is 16.6. The van der Waals surface area contributed by atoms with E-state index in [1.165, 1.54) is 6.07 Å². The number of pyridine rings is 1. The molecular formula is C15H17NO5. The van der Waals surface area contributed by atoms with Crippen molar-refractivity contribution in [1.29, 1.82) is 0 Å². The van der Waals surface area contributed by atoms with E-state index in [2.05, 4.69) is 4.98 Å². The molecule has 0 radical (unpaired) electrons. The number of hydrogen-bond donors (Lipinski definition) is 2. The minimum atomic E-state index is -0.700. The number of fused-ring (bicyclic) bond motifs is 1. The molecule has 0 spiro atoms. The van der Waals surface area contributed by atoms with Crippen molar-refractivity contribution in [2.24, 2.45) is 0 Å². The van der Waals surface area contributed by atoms with Crippen molar-refractivity contribution in [3.05, 3.63) is 40.7 Å². The SMILES string of the molecule is O=c1ccc2ccc(OCC(O)COCC3CO3)cc2[nH]1. The maximum atomic E-state index is 11.3. The summed E-state index contributed by atoms with van der Waals surface area (Å²) in [4.78, 5) is 14.0. The Labute approximate surface area is 121 Å². The number of epoxide rings is 1. The van der Waals surface area contributed by atoms with Gasteiger partial charge in [-0.25, -0.2) is 0 Å². The summed E-state index contributed by atoms with van der Waals surface area (Å²) in [6, 6.07) is 8.62. The van der Waals surface area contributed by atoms with Crippen LogP contribution in [0, 0.1) is 0 Å². The fraction of sp³-hybridized carbons (Fsp3) is 0.400. The Morgan fingerprint density at radius 2 is 2.14 bits per heavy atom. The predicted octanol–water partition coefficient (Wildman–Crippen LogP) is 0.683. The molecule has 1 aliphatic heterocycles. The van der Waals surface area contributed by atoms with Crippen molar-refractivity contribution in [2.45, 2.75) is 12.2 Å². The molecule has 0 aliphatic carbocycles. The Morgan fingerprint density at radius 3 is 2.95 bits per heavy atom. The van der Waals surface area contributed by atoms with Crippen molar-refractivity contribution in [3.8, 4) is 5.75 Å². The molecule has 112 valence electrons. The number of nitrogens with one attached hydrogen (secondary N) is 1. The van der Waals surface area contributed by atoms with Gasteiger partial charge in [-0.2, -0.15) is 0 Å². The first-order valence-electron chi connectivity index (χ1n) is 6.84. The zero-order valence-electron chi connectivity index (χ0n) is 11.5. The van der Waals surface area contributed by atoms with Gasteiger partial charge in [0.05, 0.1) is 25.3 Å². The number of aliphatic hydroxyl groups is 1. The average Bonchev–Trinajstić information content (AvgIpc) is 3.29. The zero-order chi connectivity index (χ0) is 14.7. The molecule has 0 saturated carbocycles. The van der Waals surface area contributed by atoms with Crippen LogP contribution in [0.15, 0.2) is 35.1 Å². The van der Waals surface area contributed by atoms with Gasteiger partial charge < -0.3 is 24.3 Å². The second kappa shape index (κ2) is 6.26. The van der Waals surface area contributed by atoms with Crippen molar-refractivity contribution >= 4 is 10.9 Å². The van der Waals surface area contributed by atoms with Crippen LogP contribution in [0.5, 0.6) is 5.75 Å². The normalized spacial score (nSPS) is 18.6. The Kier molecular flexibility index (Phi) is 4.19. The van der Waals surface area contributed by atoms with Gasteiger partial charge in [-0.1, -0.05) is 0 Å². The number of rotatable bonds is 7. The van der Waals surface area contributed by atoms with Crippen LogP contribution in [0.4, 0.5) is 0 Å². The second-order valence-electron chi connectivity index (χ2n) is 5.03. The zero-order valence-corrected chi connectivity index (χ0v) is 11.5. The summed E-state index contributed by atoms with van der Waals surface area (Å²) >= 11 is 0. The lowest BCUT2D eigenvalue weighted by Crippen LogP contribution is -2.24. The molecule has 2 atom stereocenters. The maximum absolute atomic E-state index is 11.3. The average molecular weight is 291 g/mol. The lowest BCUT2D eigenvalue weighted by Gasteiger charge is -2.12. The number of aliphatic hydroxyl groups excluding tert-OH is 1. The van der Waals surface area contributed by atoms with Crippen molar-refractivity contribution in [3.63, 3.8) is 0 Å². The summed E-state index contributed by atoms with van der Waals surface area (Å²) in [5, 5.41) is 10.7. The molecule has 2 unspecified atom stereocenters. The van der Waals surface area contributed by atoms with E-state index < -0.39 is 6.10 Å². The lowest BCUT2D eigenvalue weighted by atomic mass is 10.2. The van der Waals surface area contributed by atoms with E-state index >= 15 is 0 Å². The number of aromatic amines is 1. The van der Waals surface area contributed by atoms with Gasteiger partial charge in [0.1, 0.15) is 24.6 Å². The number of hydrogen-bond acceptors (Lipinski definition) is 5. The van der Waals surface area contributed by atoms with E-state index in [-0.39, 0.29) is 24.9 Å². The third-order valence-electron chi connectivity index (χ3n) is 3.16. The highest BCUT2D eigenvalue weighted by Crippen LogP contribution is 2.18. The highest BCUT2D eigenvalue weighted by Gasteiger charge is 2.22. The van der Waals surface area contributed by atoms with Crippen LogP contribution in [0.1, 0.15) is 0 Å². The van der Waals surface area contributed by atoms with Crippen LogP contribution in [0.3, 0.4) is 0 Å². The van der Waals surface area contributed by atoms with Crippen LogP contribution < -0.4 is 10.3 Å². The quantitative estimate of drug-likeness (QED) is 0.733. The molecule has 6 nitrogen and oxygen atoms in total. The number of ether oxygens (including phenoxy) is 3. The minimum absolute atomic E-state index is 0.133. The van der Waals surface area contributed by atoms with Gasteiger partial charge in [0.2, 0.25) is 5.56 Å². The van der Waals surface area contributed by atoms with Crippen molar-refractivity contribution in [2.75, 3.05) is 26.4 Å². The Balaban J connectivity index is 1.52. The van der Waals surface area contributed by atoms with E-state index in [0.717, 1.165) is 12.0 Å². The van der Waals surface area contributed by atoms with Gasteiger partial charge in [0.15, 0.2) is 0 Å². The van der Waals surface area contributed by atoms with Gasteiger partial charge >= 0.3 is 0 Å². The third-order valence-corrected chi connectivity index (χ3v) is 3.16. The Morgan fingerprint density at radius 1 is 1.33 bits per heavy atom. The van der Waals surface area contributed by atoms with Crippen LogP contribution in [-0.4, -0.2) is 48.7 Å². The maximum Gasteiger partial charge on any atom is 0.248 e. The summed E-state index contributed by atoms with van der Waals surface area (Å²) in [5.74, 6) is 0.592.